The minimum absolute atomic E-state index is 0.477. The van der Waals surface area contributed by atoms with Crippen LogP contribution in [0.5, 0.6) is 11.5 Å². The first kappa shape index (κ1) is 28.5. The van der Waals surface area contributed by atoms with Gasteiger partial charge in [-0.15, -0.1) is 11.3 Å². The molecule has 4 heteroatoms. The molecule has 51 heavy (non-hydrogen) atoms. The number of benzene rings is 7. The molecular formula is C47H28N2OS. The number of para-hydroxylation sites is 1. The van der Waals surface area contributed by atoms with Gasteiger partial charge in [0.05, 0.1) is 21.5 Å². The van der Waals surface area contributed by atoms with Gasteiger partial charge in [0, 0.05) is 43.3 Å². The van der Waals surface area contributed by atoms with Gasteiger partial charge in [-0.25, -0.2) is 9.97 Å². The highest BCUT2D eigenvalue weighted by atomic mass is 32.1. The lowest BCUT2D eigenvalue weighted by molar-refractivity contribution is 0.442. The van der Waals surface area contributed by atoms with Gasteiger partial charge in [0.15, 0.2) is 5.82 Å². The third-order valence-electron chi connectivity index (χ3n) is 10.6. The maximum Gasteiger partial charge on any atom is 0.160 e. The molecule has 3 nitrogen and oxygen atoms in total. The van der Waals surface area contributed by atoms with Crippen molar-refractivity contribution in [3.05, 3.63) is 192 Å². The van der Waals surface area contributed by atoms with E-state index >= 15 is 0 Å². The van der Waals surface area contributed by atoms with Gasteiger partial charge in [0.1, 0.15) is 11.5 Å². The number of hydrogen-bond acceptors (Lipinski definition) is 4. The van der Waals surface area contributed by atoms with Crippen molar-refractivity contribution >= 4 is 31.5 Å². The van der Waals surface area contributed by atoms with Crippen LogP contribution in [0.3, 0.4) is 0 Å². The molecule has 11 rings (SSSR count). The predicted octanol–water partition coefficient (Wildman–Crippen LogP) is 12.3. The Labute approximate surface area is 299 Å². The lowest BCUT2D eigenvalue weighted by Crippen LogP contribution is -2.32. The summed E-state index contributed by atoms with van der Waals surface area (Å²) in [6.07, 6.45) is 0. The predicted molar refractivity (Wildman–Crippen MR) is 209 cm³/mol. The SMILES string of the molecule is c1ccc(-c2cc(-c3ccc4sc5c6c(ccc5c4c3)C3(c4ccccc4O6)c4ccccc4-c4ccccc43)nc(-c3ccccc3)n2)cc1. The fourth-order valence-corrected chi connectivity index (χ4v) is 9.54. The first-order chi connectivity index (χ1) is 25.3. The van der Waals surface area contributed by atoms with Crippen molar-refractivity contribution in [3.63, 3.8) is 0 Å². The van der Waals surface area contributed by atoms with E-state index in [1.807, 2.05) is 24.3 Å². The molecule has 0 saturated heterocycles. The van der Waals surface area contributed by atoms with E-state index in [0.717, 1.165) is 44.3 Å². The monoisotopic (exact) mass is 668 g/mol. The Kier molecular flexibility index (Phi) is 6.04. The standard InChI is InChI=1S/C47H28N2OS/c1-3-13-29(14-4-1)40-28-41(49-46(48-40)30-15-5-2-6-16-30)31-23-26-43-35(27-31)34-24-25-39-44(45(34)51-43)50-42-22-12-11-21-38(42)47(39)36-19-9-7-17-32(36)33-18-8-10-20-37(33)47/h1-28H. The largest absolute Gasteiger partial charge is 0.455 e. The van der Waals surface area contributed by atoms with Crippen molar-refractivity contribution < 1.29 is 4.74 Å². The van der Waals surface area contributed by atoms with E-state index in [2.05, 4.69) is 146 Å². The second-order valence-electron chi connectivity index (χ2n) is 13.3. The zero-order valence-electron chi connectivity index (χ0n) is 27.4. The molecule has 238 valence electrons. The molecule has 0 amide bonds. The van der Waals surface area contributed by atoms with Crippen LogP contribution in [0.4, 0.5) is 0 Å². The van der Waals surface area contributed by atoms with Crippen molar-refractivity contribution in [2.24, 2.45) is 0 Å². The summed E-state index contributed by atoms with van der Waals surface area (Å²) >= 11 is 1.80. The summed E-state index contributed by atoms with van der Waals surface area (Å²) in [6.45, 7) is 0. The number of nitrogens with zero attached hydrogens (tertiary/aromatic N) is 2. The molecule has 0 saturated carbocycles. The van der Waals surface area contributed by atoms with Crippen molar-refractivity contribution in [1.82, 2.24) is 9.97 Å². The van der Waals surface area contributed by atoms with E-state index in [4.69, 9.17) is 14.7 Å². The van der Waals surface area contributed by atoms with Gasteiger partial charge in [-0.1, -0.05) is 146 Å². The first-order valence-electron chi connectivity index (χ1n) is 17.2. The Bertz CT molecular complexity index is 2740. The minimum Gasteiger partial charge on any atom is -0.455 e. The third-order valence-corrected chi connectivity index (χ3v) is 11.8. The highest BCUT2D eigenvalue weighted by Crippen LogP contribution is 2.63. The zero-order valence-corrected chi connectivity index (χ0v) is 28.2. The summed E-state index contributed by atoms with van der Waals surface area (Å²) in [6, 6.07) is 60.4. The van der Waals surface area contributed by atoms with Crippen LogP contribution in [-0.4, -0.2) is 9.97 Å². The average molecular weight is 669 g/mol. The Morgan fingerprint density at radius 1 is 0.451 bits per heavy atom. The molecule has 0 unspecified atom stereocenters. The zero-order chi connectivity index (χ0) is 33.5. The molecule has 0 N–H and O–H groups in total. The van der Waals surface area contributed by atoms with Crippen LogP contribution in [0.25, 0.3) is 65.2 Å². The fourth-order valence-electron chi connectivity index (χ4n) is 8.38. The Balaban J connectivity index is 1.14. The molecule has 2 aromatic heterocycles. The summed E-state index contributed by atoms with van der Waals surface area (Å²) < 4.78 is 9.35. The van der Waals surface area contributed by atoms with Crippen LogP contribution >= 0.6 is 11.3 Å². The summed E-state index contributed by atoms with van der Waals surface area (Å²) in [7, 11) is 0. The quantitative estimate of drug-likeness (QED) is 0.188. The van der Waals surface area contributed by atoms with E-state index in [1.54, 1.807) is 11.3 Å². The molecule has 7 aromatic carbocycles. The first-order valence-corrected chi connectivity index (χ1v) is 18.1. The second-order valence-corrected chi connectivity index (χ2v) is 14.3. The molecule has 1 aliphatic heterocycles. The van der Waals surface area contributed by atoms with Gasteiger partial charge in [0.25, 0.3) is 0 Å². The normalized spacial score (nSPS) is 13.4. The topological polar surface area (TPSA) is 35.0 Å². The second kappa shape index (κ2) is 10.8. The van der Waals surface area contributed by atoms with Crippen LogP contribution in [0.2, 0.25) is 0 Å². The molecule has 3 heterocycles. The molecule has 0 fully saturated rings. The highest BCUT2D eigenvalue weighted by Gasteiger charge is 2.51. The highest BCUT2D eigenvalue weighted by molar-refractivity contribution is 7.26. The molecule has 0 atom stereocenters. The Morgan fingerprint density at radius 2 is 1.06 bits per heavy atom. The number of aromatic nitrogens is 2. The lowest BCUT2D eigenvalue weighted by atomic mass is 9.66. The van der Waals surface area contributed by atoms with E-state index < -0.39 is 5.41 Å². The molecule has 2 aliphatic rings. The number of fused-ring (bicyclic) bond motifs is 13. The number of thiophene rings is 1. The maximum absolute atomic E-state index is 6.97. The Morgan fingerprint density at radius 3 is 1.78 bits per heavy atom. The van der Waals surface area contributed by atoms with Crippen molar-refractivity contribution in [1.29, 1.82) is 0 Å². The minimum atomic E-state index is -0.477. The van der Waals surface area contributed by atoms with Crippen LogP contribution in [0, 0.1) is 0 Å². The summed E-state index contributed by atoms with van der Waals surface area (Å²) in [5.41, 5.74) is 12.0. The van der Waals surface area contributed by atoms with Crippen molar-refractivity contribution in [2.45, 2.75) is 5.41 Å². The summed E-state index contributed by atoms with van der Waals surface area (Å²) in [5.74, 6) is 2.57. The summed E-state index contributed by atoms with van der Waals surface area (Å²) in [5, 5.41) is 2.38. The van der Waals surface area contributed by atoms with Crippen LogP contribution < -0.4 is 4.74 Å². The average Bonchev–Trinajstić information content (AvgIpc) is 3.73. The lowest BCUT2D eigenvalue weighted by Gasteiger charge is -2.39. The van der Waals surface area contributed by atoms with Crippen LogP contribution in [-0.2, 0) is 5.41 Å². The smallest absolute Gasteiger partial charge is 0.160 e. The summed E-state index contributed by atoms with van der Waals surface area (Å²) in [4.78, 5) is 10.1. The van der Waals surface area contributed by atoms with Crippen molar-refractivity contribution in [3.8, 4) is 56.5 Å². The van der Waals surface area contributed by atoms with Gasteiger partial charge >= 0.3 is 0 Å². The molecule has 1 spiro atoms. The number of rotatable bonds is 3. The Hall–Kier alpha value is -6.36. The van der Waals surface area contributed by atoms with Crippen LogP contribution in [0.1, 0.15) is 22.3 Å². The van der Waals surface area contributed by atoms with Crippen molar-refractivity contribution in [2.75, 3.05) is 0 Å². The maximum atomic E-state index is 6.97. The van der Waals surface area contributed by atoms with Gasteiger partial charge in [-0.3, -0.25) is 0 Å². The third kappa shape index (κ3) is 4.05. The van der Waals surface area contributed by atoms with E-state index in [0.29, 0.717) is 5.82 Å². The molecule has 1 aliphatic carbocycles. The van der Waals surface area contributed by atoms with Gasteiger partial charge in [0.2, 0.25) is 0 Å². The number of hydrogen-bond donors (Lipinski definition) is 0. The van der Waals surface area contributed by atoms with Gasteiger partial charge in [-0.05, 0) is 46.5 Å². The van der Waals surface area contributed by atoms with Crippen LogP contribution in [0.15, 0.2) is 170 Å². The van der Waals surface area contributed by atoms with E-state index in [-0.39, 0.29) is 0 Å². The van der Waals surface area contributed by atoms with Gasteiger partial charge < -0.3 is 4.74 Å². The molecule has 0 radical (unpaired) electrons. The molecule has 9 aromatic rings. The van der Waals surface area contributed by atoms with E-state index in [1.165, 1.54) is 48.9 Å². The fraction of sp³-hybridized carbons (Fsp3) is 0.0213. The van der Waals surface area contributed by atoms with E-state index in [9.17, 15) is 0 Å². The van der Waals surface area contributed by atoms with Gasteiger partial charge in [-0.2, -0.15) is 0 Å². The molecule has 0 bridgehead atoms. The number of ether oxygens (including phenoxy) is 1. The molecular weight excluding hydrogens is 641 g/mol.